The Balaban J connectivity index is 1.42. The van der Waals surface area contributed by atoms with Crippen LogP contribution in [0.25, 0.3) is 10.8 Å². The summed E-state index contributed by atoms with van der Waals surface area (Å²) < 4.78 is 10.7. The monoisotopic (exact) mass is 635 g/mol. The van der Waals surface area contributed by atoms with E-state index in [0.29, 0.717) is 37.2 Å². The molecular weight excluding hydrogens is 592 g/mol. The SMILES string of the molecule is CNCc1cccc2ccc(CC(Cc3ccc(O)c(OC)c3)C(=O)CC(O)C(Cc3cc[n-]c3)Cc3ccc(O)c(OC)c3)cc12. The van der Waals surface area contributed by atoms with Gasteiger partial charge in [-0.25, -0.2) is 0 Å². The highest BCUT2D eigenvalue weighted by atomic mass is 16.5. The van der Waals surface area contributed by atoms with E-state index in [0.717, 1.165) is 39.6 Å². The van der Waals surface area contributed by atoms with Gasteiger partial charge >= 0.3 is 0 Å². The number of aromatic hydroxyl groups is 2. The average molecular weight is 636 g/mol. The second-order valence-corrected chi connectivity index (χ2v) is 12.2. The van der Waals surface area contributed by atoms with Crippen molar-refractivity contribution in [3.63, 3.8) is 0 Å². The number of phenols is 2. The Bertz CT molecular complexity index is 1780. The first kappa shape index (κ1) is 33.6. The maximum atomic E-state index is 14.2. The lowest BCUT2D eigenvalue weighted by molar-refractivity contribution is -0.125. The highest BCUT2D eigenvalue weighted by molar-refractivity contribution is 5.87. The third-order valence-electron chi connectivity index (χ3n) is 8.88. The summed E-state index contributed by atoms with van der Waals surface area (Å²) in [5, 5.41) is 37.5. The predicted octanol–water partition coefficient (Wildman–Crippen LogP) is 5.77. The first-order valence-corrected chi connectivity index (χ1v) is 15.9. The number of ketones is 1. The van der Waals surface area contributed by atoms with Crippen LogP contribution in [0.1, 0.15) is 34.2 Å². The second kappa shape index (κ2) is 15.7. The molecule has 8 nitrogen and oxygen atoms in total. The predicted molar refractivity (Wildman–Crippen MR) is 183 cm³/mol. The van der Waals surface area contributed by atoms with Crippen LogP contribution in [0.15, 0.2) is 91.3 Å². The summed E-state index contributed by atoms with van der Waals surface area (Å²) in [5.41, 5.74) is 4.95. The first-order valence-electron chi connectivity index (χ1n) is 15.9. The van der Waals surface area contributed by atoms with Gasteiger partial charge in [-0.1, -0.05) is 60.2 Å². The van der Waals surface area contributed by atoms with Crippen LogP contribution in [0.5, 0.6) is 23.0 Å². The van der Waals surface area contributed by atoms with Crippen molar-refractivity contribution < 1.29 is 29.6 Å². The van der Waals surface area contributed by atoms with Crippen molar-refractivity contribution in [3.8, 4) is 23.0 Å². The van der Waals surface area contributed by atoms with E-state index in [1.165, 1.54) is 19.8 Å². The Morgan fingerprint density at radius 1 is 0.787 bits per heavy atom. The average Bonchev–Trinajstić information content (AvgIpc) is 3.59. The molecule has 0 saturated heterocycles. The minimum absolute atomic E-state index is 0.0213. The van der Waals surface area contributed by atoms with E-state index in [4.69, 9.17) is 9.47 Å². The summed E-state index contributed by atoms with van der Waals surface area (Å²) in [7, 11) is 4.93. The van der Waals surface area contributed by atoms with Gasteiger partial charge in [-0.15, -0.1) is 0 Å². The van der Waals surface area contributed by atoms with E-state index in [2.05, 4.69) is 46.7 Å². The van der Waals surface area contributed by atoms with Crippen LogP contribution in [0.4, 0.5) is 0 Å². The van der Waals surface area contributed by atoms with Crippen LogP contribution >= 0.6 is 0 Å². The van der Waals surface area contributed by atoms with Gasteiger partial charge in [0, 0.05) is 18.9 Å². The van der Waals surface area contributed by atoms with Crippen molar-refractivity contribution in [2.24, 2.45) is 11.8 Å². The molecule has 246 valence electrons. The van der Waals surface area contributed by atoms with Crippen LogP contribution < -0.4 is 19.8 Å². The Morgan fingerprint density at radius 3 is 2.02 bits per heavy atom. The number of Topliss-reactive ketones (excluding diaryl/α,β-unsaturated/α-hetero) is 1. The maximum Gasteiger partial charge on any atom is 0.160 e. The molecule has 5 aromatic rings. The summed E-state index contributed by atoms with van der Waals surface area (Å²) in [4.78, 5) is 18.4. The number of nitrogens with zero attached hydrogens (tertiary/aromatic N) is 1. The molecule has 3 unspecified atom stereocenters. The van der Waals surface area contributed by atoms with Gasteiger partial charge in [0.15, 0.2) is 23.0 Å². The number of rotatable bonds is 16. The zero-order valence-electron chi connectivity index (χ0n) is 27.1. The standard InChI is InChI=1S/C39H43N2O6/c1-40-24-30-6-4-5-29-10-7-25(19-33(29)30)15-31(16-26-8-11-34(42)38(20-26)46-2)36(44)22-37(45)32(18-28-13-14-41-23-28)17-27-9-12-35(43)39(21-27)47-3/h4-14,19-21,23,31-32,37,40,42-43,45H,15-18,22,24H2,1-3H3/q-1. The van der Waals surface area contributed by atoms with E-state index < -0.39 is 12.0 Å². The van der Waals surface area contributed by atoms with Gasteiger partial charge in [0.1, 0.15) is 5.78 Å². The molecule has 1 aromatic heterocycles. The molecule has 0 aliphatic rings. The number of hydrogen-bond donors (Lipinski definition) is 4. The van der Waals surface area contributed by atoms with E-state index in [-0.39, 0.29) is 29.6 Å². The minimum Gasteiger partial charge on any atom is -0.670 e. The molecule has 47 heavy (non-hydrogen) atoms. The Morgan fingerprint density at radius 2 is 1.40 bits per heavy atom. The zero-order chi connectivity index (χ0) is 33.3. The van der Waals surface area contributed by atoms with Crippen LogP contribution in [0.3, 0.4) is 0 Å². The van der Waals surface area contributed by atoms with Gasteiger partial charge in [0.25, 0.3) is 0 Å². The lowest BCUT2D eigenvalue weighted by Gasteiger charge is -2.25. The number of phenolic OH excluding ortho intramolecular Hbond substituents is 2. The Hall–Kier alpha value is -4.79. The van der Waals surface area contributed by atoms with Gasteiger partial charge in [-0.05, 0) is 95.9 Å². The quantitative estimate of drug-likeness (QED) is 0.108. The number of aliphatic hydroxyl groups is 1. The van der Waals surface area contributed by atoms with Crippen LogP contribution in [-0.4, -0.2) is 48.5 Å². The number of nitrogens with one attached hydrogen (secondary N) is 1. The first-order chi connectivity index (χ1) is 22.8. The van der Waals surface area contributed by atoms with E-state index in [9.17, 15) is 20.1 Å². The van der Waals surface area contributed by atoms with Crippen molar-refractivity contribution in [1.82, 2.24) is 10.3 Å². The molecule has 0 spiro atoms. The van der Waals surface area contributed by atoms with Crippen molar-refractivity contribution in [2.75, 3.05) is 21.3 Å². The molecule has 4 N–H and O–H groups in total. The molecule has 0 radical (unpaired) electrons. The van der Waals surface area contributed by atoms with Gasteiger partial charge in [0.2, 0.25) is 0 Å². The number of ether oxygens (including phenoxy) is 2. The molecule has 4 aromatic carbocycles. The number of carbonyl (C=O) groups is 1. The van der Waals surface area contributed by atoms with E-state index in [1.54, 1.807) is 36.7 Å². The van der Waals surface area contributed by atoms with Gasteiger partial charge in [-0.3, -0.25) is 4.79 Å². The number of benzene rings is 4. The molecule has 0 amide bonds. The molecule has 0 aliphatic carbocycles. The molecule has 0 fully saturated rings. The maximum absolute atomic E-state index is 14.2. The number of aliphatic hydroxyl groups excluding tert-OH is 1. The van der Waals surface area contributed by atoms with Gasteiger partial charge < -0.3 is 35.1 Å². The van der Waals surface area contributed by atoms with Gasteiger partial charge in [-0.2, -0.15) is 12.4 Å². The van der Waals surface area contributed by atoms with Crippen molar-refractivity contribution in [2.45, 2.75) is 44.8 Å². The highest BCUT2D eigenvalue weighted by Gasteiger charge is 2.28. The summed E-state index contributed by atoms with van der Waals surface area (Å²) in [6.07, 6.45) is 4.49. The molecule has 0 aliphatic heterocycles. The summed E-state index contributed by atoms with van der Waals surface area (Å²) in [6, 6.07) is 24.8. The number of aromatic nitrogens is 1. The lowest BCUT2D eigenvalue weighted by atomic mass is 9.82. The van der Waals surface area contributed by atoms with Crippen molar-refractivity contribution in [1.29, 1.82) is 0 Å². The molecular formula is C39H43N2O6-. The normalized spacial score (nSPS) is 13.3. The van der Waals surface area contributed by atoms with E-state index in [1.807, 2.05) is 25.2 Å². The fourth-order valence-electron chi connectivity index (χ4n) is 6.35. The van der Waals surface area contributed by atoms with Crippen molar-refractivity contribution >= 4 is 16.6 Å². The van der Waals surface area contributed by atoms with Crippen LogP contribution in [0.2, 0.25) is 0 Å². The number of fused-ring (bicyclic) bond motifs is 1. The van der Waals surface area contributed by atoms with Crippen molar-refractivity contribution in [3.05, 3.63) is 119 Å². The summed E-state index contributed by atoms with van der Waals surface area (Å²) in [6.45, 7) is 0.732. The fourth-order valence-corrected chi connectivity index (χ4v) is 6.35. The molecule has 8 heteroatoms. The third-order valence-corrected chi connectivity index (χ3v) is 8.88. The number of carbonyl (C=O) groups excluding carboxylic acids is 1. The third kappa shape index (κ3) is 8.52. The molecule has 3 atom stereocenters. The summed E-state index contributed by atoms with van der Waals surface area (Å²) in [5.74, 6) is 0.0471. The molecule has 1 heterocycles. The molecule has 5 rings (SSSR count). The van der Waals surface area contributed by atoms with Gasteiger partial charge in [0.05, 0.1) is 20.3 Å². The lowest BCUT2D eigenvalue weighted by Crippen LogP contribution is -2.31. The minimum atomic E-state index is -0.923. The number of methoxy groups -OCH3 is 2. The second-order valence-electron chi connectivity index (χ2n) is 12.2. The van der Waals surface area contributed by atoms with Crippen LogP contribution in [-0.2, 0) is 37.0 Å². The largest absolute Gasteiger partial charge is 0.670 e. The number of hydrogen-bond acceptors (Lipinski definition) is 7. The van der Waals surface area contributed by atoms with Crippen LogP contribution in [0, 0.1) is 11.8 Å². The summed E-state index contributed by atoms with van der Waals surface area (Å²) >= 11 is 0. The Kier molecular flexibility index (Phi) is 11.2. The zero-order valence-corrected chi connectivity index (χ0v) is 27.1. The Labute approximate surface area is 276 Å². The molecule has 0 bridgehead atoms. The fraction of sp³-hybridized carbons (Fsp3) is 0.308. The highest BCUT2D eigenvalue weighted by Crippen LogP contribution is 2.32. The topological polar surface area (TPSA) is 122 Å². The van der Waals surface area contributed by atoms with E-state index >= 15 is 0 Å². The smallest absolute Gasteiger partial charge is 0.160 e. The molecule has 0 saturated carbocycles.